The fourth-order valence-corrected chi connectivity index (χ4v) is 4.97. The fraction of sp³-hybridized carbons (Fsp3) is 0.435. The number of amides is 1. The van der Waals surface area contributed by atoms with Crippen molar-refractivity contribution in [1.29, 1.82) is 0 Å². The minimum absolute atomic E-state index is 0.0489. The molecule has 0 fully saturated rings. The molecule has 1 aliphatic rings. The number of nitrogens with one attached hydrogen (secondary N) is 1. The van der Waals surface area contributed by atoms with Gasteiger partial charge in [-0.3, -0.25) is 4.79 Å². The number of hydrogen-bond donors (Lipinski definition) is 1. The number of rotatable bonds is 5. The number of aryl methyl sites for hydroxylation is 1. The predicted molar refractivity (Wildman–Crippen MR) is 122 cm³/mol. The lowest BCUT2D eigenvalue weighted by Crippen LogP contribution is -2.38. The molecule has 0 radical (unpaired) electrons. The van der Waals surface area contributed by atoms with Gasteiger partial charge >= 0.3 is 0 Å². The van der Waals surface area contributed by atoms with Crippen molar-refractivity contribution in [1.82, 2.24) is 24.2 Å². The molecular weight excluding hydrogens is 426 g/mol. The van der Waals surface area contributed by atoms with E-state index in [1.807, 2.05) is 29.6 Å². The Hall–Kier alpha value is -2.78. The average Bonchev–Trinajstić information content (AvgIpc) is 3.13. The first-order valence-electron chi connectivity index (χ1n) is 10.8. The monoisotopic (exact) mass is 455 g/mol. The first-order valence-corrected chi connectivity index (χ1v) is 12.2. The molecule has 0 bridgehead atoms. The molecule has 170 valence electrons. The second kappa shape index (κ2) is 8.29. The molecule has 0 aliphatic carbocycles. The van der Waals surface area contributed by atoms with Crippen molar-refractivity contribution in [3.63, 3.8) is 0 Å². The van der Waals surface area contributed by atoms with E-state index in [1.165, 1.54) is 0 Å². The van der Waals surface area contributed by atoms with Gasteiger partial charge in [0.15, 0.2) is 5.65 Å². The number of benzene rings is 1. The van der Waals surface area contributed by atoms with Gasteiger partial charge in [0.1, 0.15) is 0 Å². The Morgan fingerprint density at radius 3 is 2.59 bits per heavy atom. The van der Waals surface area contributed by atoms with Gasteiger partial charge in [0.25, 0.3) is 0 Å². The smallest absolute Gasteiger partial charge is 0.240 e. The Bertz CT molecular complexity index is 1260. The van der Waals surface area contributed by atoms with Gasteiger partial charge in [-0.2, -0.15) is 5.10 Å². The number of aromatic nitrogens is 3. The third-order valence-electron chi connectivity index (χ3n) is 5.79. The maximum absolute atomic E-state index is 12.7. The minimum Gasteiger partial charge on any atom is -0.338 e. The Morgan fingerprint density at radius 1 is 1.19 bits per heavy atom. The lowest BCUT2D eigenvalue weighted by atomic mass is 9.87. The third kappa shape index (κ3) is 4.54. The lowest BCUT2D eigenvalue weighted by molar-refractivity contribution is -0.132. The van der Waals surface area contributed by atoms with Gasteiger partial charge in [-0.25, -0.2) is 22.6 Å². The Morgan fingerprint density at radius 2 is 1.91 bits per heavy atom. The van der Waals surface area contributed by atoms with Crippen LogP contribution in [0.2, 0.25) is 0 Å². The molecule has 0 saturated carbocycles. The standard InChI is InChI=1S/C23H29N5O3S/c1-16-13-21-24-14-17-15-27(12-10-20(17)28(21)26-16)22(29)9-11-25-32(30,31)19-7-5-18(6-8-19)23(2,3)4/h5-8,13-14,25H,9-12,15H2,1-4H3. The van der Waals surface area contributed by atoms with E-state index in [1.54, 1.807) is 23.2 Å². The van der Waals surface area contributed by atoms with Gasteiger partial charge in [-0.15, -0.1) is 0 Å². The maximum atomic E-state index is 12.7. The van der Waals surface area contributed by atoms with E-state index >= 15 is 0 Å². The van der Waals surface area contributed by atoms with Crippen molar-refractivity contribution in [2.45, 2.75) is 57.4 Å². The Balaban J connectivity index is 1.35. The number of nitrogens with zero attached hydrogens (tertiary/aromatic N) is 4. The molecule has 8 nitrogen and oxygen atoms in total. The second-order valence-electron chi connectivity index (χ2n) is 9.27. The van der Waals surface area contributed by atoms with Crippen LogP contribution in [0.3, 0.4) is 0 Å². The molecule has 32 heavy (non-hydrogen) atoms. The number of sulfonamides is 1. The summed E-state index contributed by atoms with van der Waals surface area (Å²) in [4.78, 5) is 19.1. The molecule has 0 unspecified atom stereocenters. The molecule has 9 heteroatoms. The largest absolute Gasteiger partial charge is 0.338 e. The highest BCUT2D eigenvalue weighted by Gasteiger charge is 2.24. The zero-order valence-electron chi connectivity index (χ0n) is 18.9. The summed E-state index contributed by atoms with van der Waals surface area (Å²) in [6.45, 7) is 9.25. The molecule has 4 rings (SSSR count). The minimum atomic E-state index is -3.66. The SMILES string of the molecule is Cc1cc2ncc3c(n2n1)CCN(C(=O)CCNS(=O)(=O)c1ccc(C(C)(C)C)cc1)C3. The number of hydrogen-bond acceptors (Lipinski definition) is 5. The highest BCUT2D eigenvalue weighted by molar-refractivity contribution is 7.89. The molecule has 1 N–H and O–H groups in total. The summed E-state index contributed by atoms with van der Waals surface area (Å²) in [5, 5.41) is 4.49. The molecule has 2 aromatic heterocycles. The van der Waals surface area contributed by atoms with Crippen molar-refractivity contribution in [3.05, 3.63) is 59.0 Å². The van der Waals surface area contributed by atoms with E-state index in [-0.39, 0.29) is 29.2 Å². The van der Waals surface area contributed by atoms with E-state index in [9.17, 15) is 13.2 Å². The van der Waals surface area contributed by atoms with Crippen molar-refractivity contribution in [2.75, 3.05) is 13.1 Å². The van der Waals surface area contributed by atoms with Crippen LogP contribution in [-0.2, 0) is 33.2 Å². The lowest BCUT2D eigenvalue weighted by Gasteiger charge is -2.28. The summed E-state index contributed by atoms with van der Waals surface area (Å²) in [6.07, 6.45) is 2.59. The predicted octanol–water partition coefficient (Wildman–Crippen LogP) is 2.59. The first kappa shape index (κ1) is 22.4. The highest BCUT2D eigenvalue weighted by Crippen LogP contribution is 2.23. The fourth-order valence-electron chi connectivity index (χ4n) is 3.94. The summed E-state index contributed by atoms with van der Waals surface area (Å²) in [7, 11) is -3.66. The molecule has 1 amide bonds. The number of carbonyl (C=O) groups excluding carboxylic acids is 1. The number of carbonyl (C=O) groups is 1. The molecule has 0 saturated heterocycles. The van der Waals surface area contributed by atoms with Gasteiger partial charge in [-0.1, -0.05) is 32.9 Å². The number of fused-ring (bicyclic) bond motifs is 3. The summed E-state index contributed by atoms with van der Waals surface area (Å²) in [5.41, 5.74) is 4.78. The molecule has 3 heterocycles. The van der Waals surface area contributed by atoms with Crippen LogP contribution in [0.4, 0.5) is 0 Å². The van der Waals surface area contributed by atoms with Gasteiger partial charge in [0.2, 0.25) is 15.9 Å². The molecule has 3 aromatic rings. The summed E-state index contributed by atoms with van der Waals surface area (Å²) >= 11 is 0. The summed E-state index contributed by atoms with van der Waals surface area (Å²) in [6, 6.07) is 8.81. The van der Waals surface area contributed by atoms with Gasteiger partial charge in [-0.05, 0) is 30.0 Å². The van der Waals surface area contributed by atoms with Gasteiger partial charge < -0.3 is 4.90 Å². The van der Waals surface area contributed by atoms with Crippen molar-refractivity contribution in [2.24, 2.45) is 0 Å². The van der Waals surface area contributed by atoms with Crippen LogP contribution >= 0.6 is 0 Å². The van der Waals surface area contributed by atoms with Crippen molar-refractivity contribution in [3.8, 4) is 0 Å². The van der Waals surface area contributed by atoms with Crippen LogP contribution in [0.15, 0.2) is 41.4 Å². The van der Waals surface area contributed by atoms with E-state index in [2.05, 4.69) is 35.6 Å². The second-order valence-corrected chi connectivity index (χ2v) is 11.0. The molecule has 0 atom stereocenters. The van der Waals surface area contributed by atoms with Crippen molar-refractivity contribution >= 4 is 21.6 Å². The topological polar surface area (TPSA) is 96.7 Å². The van der Waals surface area contributed by atoms with Crippen LogP contribution in [-0.4, -0.2) is 46.9 Å². The first-order chi connectivity index (χ1) is 15.0. The van der Waals surface area contributed by atoms with Gasteiger partial charge in [0, 0.05) is 50.3 Å². The Labute approximate surface area is 188 Å². The van der Waals surface area contributed by atoms with E-state index in [0.29, 0.717) is 19.5 Å². The van der Waals surface area contributed by atoms with Crippen LogP contribution in [0.5, 0.6) is 0 Å². The quantitative estimate of drug-likeness (QED) is 0.638. The van der Waals surface area contributed by atoms with Gasteiger partial charge in [0.05, 0.1) is 16.3 Å². The van der Waals surface area contributed by atoms with Crippen LogP contribution < -0.4 is 4.72 Å². The third-order valence-corrected chi connectivity index (χ3v) is 7.26. The molecule has 1 aromatic carbocycles. The molecular formula is C23H29N5O3S. The maximum Gasteiger partial charge on any atom is 0.240 e. The normalized spacial score (nSPS) is 14.6. The van der Waals surface area contributed by atoms with E-state index in [4.69, 9.17) is 0 Å². The molecule has 1 aliphatic heterocycles. The van der Waals surface area contributed by atoms with Crippen LogP contribution in [0, 0.1) is 6.92 Å². The summed E-state index contributed by atoms with van der Waals surface area (Å²) < 4.78 is 29.6. The zero-order valence-corrected chi connectivity index (χ0v) is 19.7. The summed E-state index contributed by atoms with van der Waals surface area (Å²) in [5.74, 6) is -0.0850. The van der Waals surface area contributed by atoms with Crippen molar-refractivity contribution < 1.29 is 13.2 Å². The highest BCUT2D eigenvalue weighted by atomic mass is 32.2. The zero-order chi connectivity index (χ0) is 23.1. The average molecular weight is 456 g/mol. The Kier molecular flexibility index (Phi) is 5.81. The van der Waals surface area contributed by atoms with E-state index < -0.39 is 10.0 Å². The molecule has 0 spiro atoms. The van der Waals surface area contributed by atoms with E-state index in [0.717, 1.165) is 28.2 Å². The van der Waals surface area contributed by atoms with Crippen LogP contribution in [0.1, 0.15) is 49.7 Å². The van der Waals surface area contributed by atoms with Crippen LogP contribution in [0.25, 0.3) is 5.65 Å².